The van der Waals surface area contributed by atoms with Gasteiger partial charge in [-0.1, -0.05) is 0 Å². The summed E-state index contributed by atoms with van der Waals surface area (Å²) in [4.78, 5) is 11.4. The summed E-state index contributed by atoms with van der Waals surface area (Å²) in [7, 11) is -3.11. The molecule has 0 heterocycles. The molecule has 0 amide bonds. The van der Waals surface area contributed by atoms with Crippen molar-refractivity contribution in [2.75, 3.05) is 25.2 Å². The molecular formula is C10H21NO5S. The largest absolute Gasteiger partial charge is 0.459 e. The van der Waals surface area contributed by atoms with Crippen molar-refractivity contribution in [3.63, 3.8) is 0 Å². The lowest BCUT2D eigenvalue weighted by Gasteiger charge is -2.16. The fraction of sp³-hybridized carbons (Fsp3) is 0.900. The van der Waals surface area contributed by atoms with E-state index >= 15 is 0 Å². The Morgan fingerprint density at radius 3 is 2.47 bits per heavy atom. The van der Waals surface area contributed by atoms with E-state index in [0.29, 0.717) is 13.2 Å². The van der Waals surface area contributed by atoms with Gasteiger partial charge in [-0.3, -0.25) is 4.79 Å². The van der Waals surface area contributed by atoms with Crippen molar-refractivity contribution < 1.29 is 22.7 Å². The highest BCUT2D eigenvalue weighted by Gasteiger charge is 2.19. The summed E-state index contributed by atoms with van der Waals surface area (Å²) in [5.41, 5.74) is 5.52. The third-order valence-corrected chi connectivity index (χ3v) is 2.95. The molecule has 17 heavy (non-hydrogen) atoms. The fourth-order valence-corrected chi connectivity index (χ4v) is 1.74. The van der Waals surface area contributed by atoms with Gasteiger partial charge in [-0.15, -0.1) is 0 Å². The van der Waals surface area contributed by atoms with Crippen LogP contribution >= 0.6 is 0 Å². The highest BCUT2D eigenvalue weighted by atomic mass is 32.2. The normalized spacial score (nSPS) is 15.3. The maximum absolute atomic E-state index is 11.4. The highest BCUT2D eigenvalue weighted by Crippen LogP contribution is 2.00. The van der Waals surface area contributed by atoms with E-state index in [4.69, 9.17) is 15.2 Å². The number of ether oxygens (including phenoxy) is 2. The van der Waals surface area contributed by atoms with Crippen molar-refractivity contribution in [2.24, 2.45) is 5.73 Å². The van der Waals surface area contributed by atoms with Crippen LogP contribution in [0, 0.1) is 0 Å². The third kappa shape index (κ3) is 9.08. The van der Waals surface area contributed by atoms with Crippen molar-refractivity contribution in [3.05, 3.63) is 0 Å². The number of carbonyl (C=O) groups is 1. The summed E-state index contributed by atoms with van der Waals surface area (Å²) in [5.74, 6) is -0.718. The van der Waals surface area contributed by atoms with Gasteiger partial charge >= 0.3 is 5.97 Å². The summed E-state index contributed by atoms with van der Waals surface area (Å²) in [6.45, 7) is 4.38. The second-order valence-corrected chi connectivity index (χ2v) is 6.19. The second kappa shape index (κ2) is 7.62. The molecule has 0 saturated heterocycles. The predicted molar refractivity (Wildman–Crippen MR) is 64.4 cm³/mol. The quantitative estimate of drug-likeness (QED) is 0.607. The highest BCUT2D eigenvalue weighted by molar-refractivity contribution is 7.90. The maximum Gasteiger partial charge on any atom is 0.323 e. The molecule has 0 rings (SSSR count). The molecule has 2 N–H and O–H groups in total. The first-order valence-corrected chi connectivity index (χ1v) is 7.54. The van der Waals surface area contributed by atoms with Crippen LogP contribution in [0.4, 0.5) is 0 Å². The molecule has 0 aliphatic rings. The molecule has 0 aromatic heterocycles. The molecule has 0 bridgehead atoms. The first kappa shape index (κ1) is 16.3. The van der Waals surface area contributed by atoms with Crippen LogP contribution in [-0.4, -0.2) is 51.8 Å². The Kier molecular flexibility index (Phi) is 7.33. The van der Waals surface area contributed by atoms with Gasteiger partial charge in [0.1, 0.15) is 22.0 Å². The molecule has 0 fully saturated rings. The van der Waals surface area contributed by atoms with Crippen LogP contribution in [-0.2, 0) is 24.1 Å². The Labute approximate surface area is 102 Å². The van der Waals surface area contributed by atoms with Crippen molar-refractivity contribution in [1.82, 2.24) is 0 Å². The minimum Gasteiger partial charge on any atom is -0.459 e. The first-order valence-electron chi connectivity index (χ1n) is 5.47. The average molecular weight is 267 g/mol. The van der Waals surface area contributed by atoms with E-state index in [-0.39, 0.29) is 18.3 Å². The molecule has 0 aromatic carbocycles. The van der Waals surface area contributed by atoms with Gasteiger partial charge in [-0.25, -0.2) is 8.42 Å². The molecule has 2 unspecified atom stereocenters. The topological polar surface area (TPSA) is 95.7 Å². The molecule has 0 aliphatic carbocycles. The van der Waals surface area contributed by atoms with Gasteiger partial charge in [0.15, 0.2) is 0 Å². The van der Waals surface area contributed by atoms with Gasteiger partial charge in [0.2, 0.25) is 0 Å². The van der Waals surface area contributed by atoms with E-state index in [9.17, 15) is 13.2 Å². The summed E-state index contributed by atoms with van der Waals surface area (Å²) < 4.78 is 31.9. The van der Waals surface area contributed by atoms with Crippen molar-refractivity contribution in [1.29, 1.82) is 0 Å². The van der Waals surface area contributed by atoms with Crippen LogP contribution in [0.25, 0.3) is 0 Å². The van der Waals surface area contributed by atoms with Crippen LogP contribution in [0.2, 0.25) is 0 Å². The molecule has 0 radical (unpaired) electrons. The summed E-state index contributed by atoms with van der Waals surface area (Å²) >= 11 is 0. The summed E-state index contributed by atoms with van der Waals surface area (Å²) in [6.07, 6.45) is 0.786. The lowest BCUT2D eigenvalue weighted by atomic mass is 10.2. The van der Waals surface area contributed by atoms with Gasteiger partial charge in [0, 0.05) is 12.9 Å². The smallest absolute Gasteiger partial charge is 0.323 e. The minimum atomic E-state index is -3.11. The SMILES string of the molecule is CCOCC(C)OC(=O)C(N)CCS(C)(=O)=O. The summed E-state index contributed by atoms with van der Waals surface area (Å²) in [5, 5.41) is 0. The zero-order valence-corrected chi connectivity index (χ0v) is 11.3. The van der Waals surface area contributed by atoms with E-state index in [1.807, 2.05) is 6.92 Å². The Morgan fingerprint density at radius 2 is 2.00 bits per heavy atom. The van der Waals surface area contributed by atoms with Crippen LogP contribution in [0.5, 0.6) is 0 Å². The Balaban J connectivity index is 3.97. The van der Waals surface area contributed by atoms with Crippen LogP contribution < -0.4 is 5.73 Å². The number of hydrogen-bond donors (Lipinski definition) is 1. The van der Waals surface area contributed by atoms with Gasteiger partial charge in [-0.05, 0) is 20.3 Å². The van der Waals surface area contributed by atoms with E-state index in [2.05, 4.69) is 0 Å². The van der Waals surface area contributed by atoms with Gasteiger partial charge in [-0.2, -0.15) is 0 Å². The molecular weight excluding hydrogens is 246 g/mol. The number of esters is 1. The number of carbonyl (C=O) groups excluding carboxylic acids is 1. The molecule has 6 nitrogen and oxygen atoms in total. The van der Waals surface area contributed by atoms with Crippen LogP contribution in [0.15, 0.2) is 0 Å². The molecule has 102 valence electrons. The minimum absolute atomic E-state index is 0.0685. The van der Waals surface area contributed by atoms with Crippen molar-refractivity contribution in [2.45, 2.75) is 32.4 Å². The van der Waals surface area contributed by atoms with Crippen molar-refractivity contribution >= 4 is 15.8 Å². The lowest BCUT2D eigenvalue weighted by Crippen LogP contribution is -2.36. The van der Waals surface area contributed by atoms with Gasteiger partial charge < -0.3 is 15.2 Å². The standard InChI is InChI=1S/C10H21NO5S/c1-4-15-7-8(2)16-10(12)9(11)5-6-17(3,13)14/h8-9H,4-7,11H2,1-3H3. The fourth-order valence-electron chi connectivity index (χ4n) is 1.06. The first-order chi connectivity index (χ1) is 7.76. The average Bonchev–Trinajstić information content (AvgIpc) is 2.21. The zero-order chi connectivity index (χ0) is 13.5. The van der Waals surface area contributed by atoms with E-state index in [1.54, 1.807) is 6.92 Å². The summed E-state index contributed by atoms with van der Waals surface area (Å²) in [6, 6.07) is -0.909. The lowest BCUT2D eigenvalue weighted by molar-refractivity contribution is -0.152. The second-order valence-electron chi connectivity index (χ2n) is 3.93. The van der Waals surface area contributed by atoms with Gasteiger partial charge in [0.25, 0.3) is 0 Å². The molecule has 7 heteroatoms. The molecule has 0 aromatic rings. The molecule has 2 atom stereocenters. The van der Waals surface area contributed by atoms with Crippen LogP contribution in [0.1, 0.15) is 20.3 Å². The monoisotopic (exact) mass is 267 g/mol. The van der Waals surface area contributed by atoms with E-state index < -0.39 is 21.8 Å². The predicted octanol–water partition coefficient (Wildman–Crippen LogP) is -0.283. The Bertz CT molecular complexity index is 328. The third-order valence-electron chi connectivity index (χ3n) is 1.98. The Hall–Kier alpha value is -0.660. The maximum atomic E-state index is 11.4. The molecule has 0 aliphatic heterocycles. The zero-order valence-electron chi connectivity index (χ0n) is 10.5. The number of sulfone groups is 1. The molecule has 0 spiro atoms. The molecule has 0 saturated carbocycles. The van der Waals surface area contributed by atoms with Crippen LogP contribution in [0.3, 0.4) is 0 Å². The number of hydrogen-bond acceptors (Lipinski definition) is 6. The van der Waals surface area contributed by atoms with Gasteiger partial charge in [0.05, 0.1) is 12.4 Å². The number of rotatable bonds is 8. The Morgan fingerprint density at radius 1 is 1.41 bits per heavy atom. The number of nitrogens with two attached hydrogens (primary N) is 1. The van der Waals surface area contributed by atoms with Crippen molar-refractivity contribution in [3.8, 4) is 0 Å². The van der Waals surface area contributed by atoms with E-state index in [0.717, 1.165) is 6.26 Å². The van der Waals surface area contributed by atoms with E-state index in [1.165, 1.54) is 0 Å².